The summed E-state index contributed by atoms with van der Waals surface area (Å²) in [6.45, 7) is 2.01. The minimum absolute atomic E-state index is 0.0996. The van der Waals surface area contributed by atoms with E-state index in [1.54, 1.807) is 0 Å². The molecule has 26 heavy (non-hydrogen) atoms. The van der Waals surface area contributed by atoms with Crippen molar-refractivity contribution in [3.05, 3.63) is 51.8 Å². The van der Waals surface area contributed by atoms with Gasteiger partial charge in [0.1, 0.15) is 0 Å². The highest BCUT2D eigenvalue weighted by molar-refractivity contribution is 6.34. The van der Waals surface area contributed by atoms with Crippen molar-refractivity contribution in [2.45, 2.75) is 45.4 Å². The number of benzene rings is 1. The van der Waals surface area contributed by atoms with Crippen molar-refractivity contribution in [2.24, 2.45) is 0 Å². The molecule has 0 spiro atoms. The number of anilines is 1. The lowest BCUT2D eigenvalue weighted by molar-refractivity contribution is -0.137. The summed E-state index contributed by atoms with van der Waals surface area (Å²) >= 11 is 0. The molecule has 0 fully saturated rings. The molecule has 0 bridgehead atoms. The zero-order chi connectivity index (χ0) is 18.3. The average Bonchev–Trinajstić information content (AvgIpc) is 3.11. The van der Waals surface area contributed by atoms with E-state index in [0.717, 1.165) is 53.8 Å². The zero-order valence-corrected chi connectivity index (χ0v) is 14.8. The summed E-state index contributed by atoms with van der Waals surface area (Å²) in [6.07, 6.45) is 6.72. The minimum Gasteiger partial charge on any atom is -0.481 e. The van der Waals surface area contributed by atoms with Gasteiger partial charge in [0.05, 0.1) is 5.57 Å². The summed E-state index contributed by atoms with van der Waals surface area (Å²) in [7, 11) is 0. The molecule has 0 radical (unpaired) electrons. The summed E-state index contributed by atoms with van der Waals surface area (Å²) in [5.74, 6) is -0.906. The number of amides is 1. The molecule has 1 aliphatic carbocycles. The first-order valence-electron chi connectivity index (χ1n) is 9.11. The van der Waals surface area contributed by atoms with Gasteiger partial charge in [0.2, 0.25) is 0 Å². The van der Waals surface area contributed by atoms with E-state index in [4.69, 9.17) is 5.11 Å². The Kier molecular flexibility index (Phi) is 4.15. The first-order chi connectivity index (χ1) is 12.5. The van der Waals surface area contributed by atoms with E-state index in [0.29, 0.717) is 12.0 Å². The van der Waals surface area contributed by atoms with Gasteiger partial charge in [-0.1, -0.05) is 11.6 Å². The predicted molar refractivity (Wildman–Crippen MR) is 101 cm³/mol. The number of H-pyrrole nitrogens is 1. The monoisotopic (exact) mass is 350 g/mol. The Morgan fingerprint density at radius 3 is 2.88 bits per heavy atom. The Labute approximate surface area is 152 Å². The van der Waals surface area contributed by atoms with Crippen molar-refractivity contribution in [3.63, 3.8) is 0 Å². The highest BCUT2D eigenvalue weighted by atomic mass is 16.4. The summed E-state index contributed by atoms with van der Waals surface area (Å²) in [5, 5.41) is 12.0. The standard InChI is InChI=1S/C21H22N2O3/c1-12-6-8-18-15(10-12)16(21(26)23-18)11-19-14(7-9-20(24)25)13-4-2-3-5-17(13)22-19/h6,8,10-11,22H,2-5,7,9H2,1H3,(H,23,26)(H,24,25). The number of hydrogen-bond acceptors (Lipinski definition) is 2. The number of carboxylic acids is 1. The van der Waals surface area contributed by atoms with Crippen molar-refractivity contribution < 1.29 is 14.7 Å². The third-order valence-corrected chi connectivity index (χ3v) is 5.28. The van der Waals surface area contributed by atoms with Crippen molar-refractivity contribution in [2.75, 3.05) is 5.32 Å². The van der Waals surface area contributed by atoms with Crippen LogP contribution in [0.5, 0.6) is 0 Å². The van der Waals surface area contributed by atoms with Gasteiger partial charge < -0.3 is 15.4 Å². The molecule has 3 N–H and O–H groups in total. The van der Waals surface area contributed by atoms with Crippen molar-refractivity contribution in [3.8, 4) is 0 Å². The number of fused-ring (bicyclic) bond motifs is 2. The number of nitrogens with one attached hydrogen (secondary N) is 2. The summed E-state index contributed by atoms with van der Waals surface area (Å²) in [6, 6.07) is 5.92. The van der Waals surface area contributed by atoms with E-state index in [1.807, 2.05) is 31.2 Å². The van der Waals surface area contributed by atoms with Crippen LogP contribution in [-0.4, -0.2) is 22.0 Å². The van der Waals surface area contributed by atoms with Gasteiger partial charge in [0.15, 0.2) is 0 Å². The number of aromatic nitrogens is 1. The van der Waals surface area contributed by atoms with Gasteiger partial charge in [-0.05, 0) is 68.4 Å². The largest absolute Gasteiger partial charge is 0.481 e. The first-order valence-corrected chi connectivity index (χ1v) is 9.11. The second kappa shape index (κ2) is 6.48. The van der Waals surface area contributed by atoms with Gasteiger partial charge in [-0.25, -0.2) is 0 Å². The normalized spacial score (nSPS) is 17.1. The van der Waals surface area contributed by atoms with Crippen LogP contribution in [-0.2, 0) is 28.9 Å². The Morgan fingerprint density at radius 1 is 1.27 bits per heavy atom. The zero-order valence-electron chi connectivity index (χ0n) is 14.8. The Balaban J connectivity index is 1.80. The van der Waals surface area contributed by atoms with Gasteiger partial charge in [-0.15, -0.1) is 0 Å². The smallest absolute Gasteiger partial charge is 0.303 e. The number of hydrogen-bond donors (Lipinski definition) is 3. The van der Waals surface area contributed by atoms with Gasteiger partial charge in [-0.3, -0.25) is 9.59 Å². The van der Waals surface area contributed by atoms with E-state index in [-0.39, 0.29) is 12.3 Å². The molecule has 2 aliphatic rings. The number of carbonyl (C=O) groups excluding carboxylic acids is 1. The van der Waals surface area contributed by atoms with Crippen molar-refractivity contribution >= 4 is 29.2 Å². The maximum atomic E-state index is 12.5. The maximum absolute atomic E-state index is 12.5. The van der Waals surface area contributed by atoms with E-state index < -0.39 is 5.97 Å². The predicted octanol–water partition coefficient (Wildman–Crippen LogP) is 3.71. The van der Waals surface area contributed by atoms with Crippen LogP contribution >= 0.6 is 0 Å². The second-order valence-corrected chi connectivity index (χ2v) is 7.14. The molecular formula is C21H22N2O3. The van der Waals surface area contributed by atoms with Gasteiger partial charge in [-0.2, -0.15) is 0 Å². The number of carbonyl (C=O) groups is 2. The molecular weight excluding hydrogens is 328 g/mol. The van der Waals surface area contributed by atoms with Gasteiger partial charge >= 0.3 is 5.97 Å². The molecule has 2 aromatic rings. The Morgan fingerprint density at radius 2 is 2.08 bits per heavy atom. The van der Waals surface area contributed by atoms with Crippen LogP contribution in [0.25, 0.3) is 11.6 Å². The van der Waals surface area contributed by atoms with Crippen LogP contribution in [0, 0.1) is 6.92 Å². The summed E-state index contributed by atoms with van der Waals surface area (Å²) < 4.78 is 0. The number of rotatable bonds is 4. The highest BCUT2D eigenvalue weighted by Crippen LogP contribution is 2.36. The fourth-order valence-corrected chi connectivity index (χ4v) is 4.01. The molecule has 134 valence electrons. The number of carboxylic acid groups (broad SMARTS) is 1. The van der Waals surface area contributed by atoms with Gasteiger partial charge in [0.25, 0.3) is 5.91 Å². The van der Waals surface area contributed by atoms with E-state index in [1.165, 1.54) is 11.3 Å². The number of aliphatic carboxylic acids is 1. The lowest BCUT2D eigenvalue weighted by Gasteiger charge is -2.12. The van der Waals surface area contributed by atoms with Crippen LogP contribution in [0.15, 0.2) is 18.2 Å². The van der Waals surface area contributed by atoms with Crippen LogP contribution in [0.2, 0.25) is 0 Å². The molecule has 0 saturated carbocycles. The van der Waals surface area contributed by atoms with E-state index in [2.05, 4.69) is 10.3 Å². The van der Waals surface area contributed by atoms with Crippen LogP contribution in [0.4, 0.5) is 5.69 Å². The average molecular weight is 350 g/mol. The molecule has 0 atom stereocenters. The first kappa shape index (κ1) is 16.6. The SMILES string of the molecule is Cc1ccc2c(c1)C(=Cc1[nH]c3c(c1CCC(=O)O)CCCC3)C(=O)N2. The molecule has 1 aliphatic heterocycles. The Bertz CT molecular complexity index is 937. The Hall–Kier alpha value is -2.82. The molecule has 5 nitrogen and oxygen atoms in total. The molecule has 5 heteroatoms. The summed E-state index contributed by atoms with van der Waals surface area (Å²) in [5.41, 5.74) is 7.88. The lowest BCUT2D eigenvalue weighted by atomic mass is 9.92. The third kappa shape index (κ3) is 2.94. The fraction of sp³-hybridized carbons (Fsp3) is 0.333. The molecule has 2 heterocycles. The second-order valence-electron chi connectivity index (χ2n) is 7.14. The topological polar surface area (TPSA) is 82.2 Å². The molecule has 1 aromatic carbocycles. The third-order valence-electron chi connectivity index (χ3n) is 5.28. The molecule has 1 aromatic heterocycles. The highest BCUT2D eigenvalue weighted by Gasteiger charge is 2.26. The molecule has 1 amide bonds. The van der Waals surface area contributed by atoms with E-state index in [9.17, 15) is 9.59 Å². The van der Waals surface area contributed by atoms with Crippen LogP contribution in [0.3, 0.4) is 0 Å². The lowest BCUT2D eigenvalue weighted by Crippen LogP contribution is -2.05. The minimum atomic E-state index is -0.797. The quantitative estimate of drug-likeness (QED) is 0.735. The molecule has 0 unspecified atom stereocenters. The summed E-state index contributed by atoms with van der Waals surface area (Å²) in [4.78, 5) is 27.0. The van der Waals surface area contributed by atoms with Crippen LogP contribution in [0.1, 0.15) is 52.9 Å². The van der Waals surface area contributed by atoms with E-state index >= 15 is 0 Å². The number of aromatic amines is 1. The van der Waals surface area contributed by atoms with Crippen LogP contribution < -0.4 is 5.32 Å². The molecule has 0 saturated heterocycles. The number of aryl methyl sites for hydroxylation is 2. The van der Waals surface area contributed by atoms with Gasteiger partial charge in [0, 0.05) is 29.1 Å². The van der Waals surface area contributed by atoms with Crippen molar-refractivity contribution in [1.82, 2.24) is 4.98 Å². The maximum Gasteiger partial charge on any atom is 0.303 e. The van der Waals surface area contributed by atoms with Crippen molar-refractivity contribution in [1.29, 1.82) is 0 Å². The molecule has 4 rings (SSSR count). The fourth-order valence-electron chi connectivity index (χ4n) is 4.01.